The Morgan fingerprint density at radius 3 is 1.56 bits per heavy atom. The summed E-state index contributed by atoms with van der Waals surface area (Å²) in [7, 11) is 0. The quantitative estimate of drug-likeness (QED) is 0.313. The van der Waals surface area contributed by atoms with Gasteiger partial charge in [-0.1, -0.05) is 109 Å². The Morgan fingerprint density at radius 1 is 0.406 bits per heavy atom. The monoisotopic (exact) mass is 409 g/mol. The minimum absolute atomic E-state index is 0.358. The lowest BCUT2D eigenvalue weighted by molar-refractivity contribution is 0.769. The first kappa shape index (κ1) is 18.7. The number of rotatable bonds is 4. The van der Waals surface area contributed by atoms with Crippen LogP contribution < -0.4 is 5.32 Å². The fourth-order valence-electron chi connectivity index (χ4n) is 5.23. The predicted molar refractivity (Wildman–Crippen MR) is 133 cm³/mol. The van der Waals surface area contributed by atoms with Crippen LogP contribution in [0.4, 0.5) is 11.4 Å². The van der Waals surface area contributed by atoms with Crippen LogP contribution in [0.1, 0.15) is 22.3 Å². The molecule has 0 amide bonds. The Kier molecular flexibility index (Phi) is 4.40. The third-order valence-electron chi connectivity index (χ3n) is 6.52. The van der Waals surface area contributed by atoms with E-state index in [1.165, 1.54) is 33.4 Å². The molecular weight excluding hydrogens is 386 g/mol. The van der Waals surface area contributed by atoms with E-state index in [4.69, 9.17) is 0 Å². The highest BCUT2D eigenvalue weighted by Crippen LogP contribution is 2.56. The molecule has 0 aromatic heterocycles. The van der Waals surface area contributed by atoms with Crippen molar-refractivity contribution in [3.8, 4) is 11.1 Å². The molecule has 6 rings (SSSR count). The van der Waals surface area contributed by atoms with Gasteiger partial charge in [0.15, 0.2) is 0 Å². The summed E-state index contributed by atoms with van der Waals surface area (Å²) in [6, 6.07) is 47.8. The molecule has 0 radical (unpaired) electrons. The van der Waals surface area contributed by atoms with E-state index in [1.54, 1.807) is 0 Å². The summed E-state index contributed by atoms with van der Waals surface area (Å²) in [6.45, 7) is 0. The number of para-hydroxylation sites is 1. The lowest BCUT2D eigenvalue weighted by Gasteiger charge is -2.34. The number of hydrogen-bond acceptors (Lipinski definition) is 1. The summed E-state index contributed by atoms with van der Waals surface area (Å²) in [5.74, 6) is 0. The molecule has 5 aromatic rings. The first-order valence-electron chi connectivity index (χ1n) is 11.0. The molecule has 1 nitrogen and oxygen atoms in total. The zero-order valence-corrected chi connectivity index (χ0v) is 17.7. The van der Waals surface area contributed by atoms with Crippen LogP contribution in [-0.2, 0) is 5.41 Å². The highest BCUT2D eigenvalue weighted by atomic mass is 14.9. The Balaban J connectivity index is 1.63. The predicted octanol–water partition coefficient (Wildman–Crippen LogP) is 7.79. The molecule has 0 saturated carbocycles. The Hall–Kier alpha value is -4.10. The van der Waals surface area contributed by atoms with Gasteiger partial charge in [-0.05, 0) is 57.6 Å². The number of hydrogen-bond donors (Lipinski definition) is 1. The first-order chi connectivity index (χ1) is 15.9. The molecule has 0 atom stereocenters. The van der Waals surface area contributed by atoms with E-state index < -0.39 is 0 Å². The van der Waals surface area contributed by atoms with E-state index in [0.29, 0.717) is 0 Å². The van der Waals surface area contributed by atoms with Crippen molar-refractivity contribution >= 4 is 11.4 Å². The van der Waals surface area contributed by atoms with E-state index >= 15 is 0 Å². The van der Waals surface area contributed by atoms with Crippen molar-refractivity contribution in [3.63, 3.8) is 0 Å². The number of anilines is 2. The van der Waals surface area contributed by atoms with Crippen molar-refractivity contribution in [1.29, 1.82) is 0 Å². The molecule has 1 aliphatic carbocycles. The van der Waals surface area contributed by atoms with E-state index in [2.05, 4.69) is 133 Å². The molecule has 0 saturated heterocycles. The van der Waals surface area contributed by atoms with Gasteiger partial charge in [-0.25, -0.2) is 0 Å². The molecule has 5 aromatic carbocycles. The topological polar surface area (TPSA) is 12.0 Å². The van der Waals surface area contributed by atoms with E-state index in [1.807, 2.05) is 6.07 Å². The van der Waals surface area contributed by atoms with Gasteiger partial charge in [0.2, 0.25) is 0 Å². The zero-order valence-electron chi connectivity index (χ0n) is 17.7. The molecule has 32 heavy (non-hydrogen) atoms. The molecule has 0 heterocycles. The summed E-state index contributed by atoms with van der Waals surface area (Å²) >= 11 is 0. The van der Waals surface area contributed by atoms with Gasteiger partial charge in [0.05, 0.1) is 5.41 Å². The van der Waals surface area contributed by atoms with Crippen LogP contribution >= 0.6 is 0 Å². The SMILES string of the molecule is c1ccc(Nc2cccc(C3(c4ccccc4)c4ccccc4-c4ccccc43)c2)cc1. The molecule has 152 valence electrons. The maximum atomic E-state index is 3.58. The van der Waals surface area contributed by atoms with Crippen molar-refractivity contribution < 1.29 is 0 Å². The van der Waals surface area contributed by atoms with Gasteiger partial charge in [-0.15, -0.1) is 0 Å². The Morgan fingerprint density at radius 2 is 0.906 bits per heavy atom. The highest BCUT2D eigenvalue weighted by molar-refractivity contribution is 5.86. The van der Waals surface area contributed by atoms with E-state index in [9.17, 15) is 0 Å². The Bertz CT molecular complexity index is 1340. The maximum absolute atomic E-state index is 3.58. The standard InChI is InChI=1S/C31H23N/c1-3-12-23(13-4-1)31(24-14-11-17-26(22-24)32-25-15-5-2-6-16-25)29-20-9-7-18-27(29)28-19-8-10-21-30(28)31/h1-22,32H. The molecule has 0 unspecified atom stereocenters. The van der Waals surface area contributed by atoms with Crippen LogP contribution in [0.5, 0.6) is 0 Å². The summed E-state index contributed by atoms with van der Waals surface area (Å²) in [5, 5.41) is 3.58. The maximum Gasteiger partial charge on any atom is 0.0714 e. The number of benzene rings is 5. The van der Waals surface area contributed by atoms with E-state index in [0.717, 1.165) is 11.4 Å². The minimum Gasteiger partial charge on any atom is -0.356 e. The molecule has 0 spiro atoms. The molecule has 0 fully saturated rings. The minimum atomic E-state index is -0.358. The molecule has 0 bridgehead atoms. The van der Waals surface area contributed by atoms with Crippen LogP contribution in [0.2, 0.25) is 0 Å². The van der Waals surface area contributed by atoms with Crippen LogP contribution in [0.3, 0.4) is 0 Å². The summed E-state index contributed by atoms with van der Waals surface area (Å²) < 4.78 is 0. The lowest BCUT2D eigenvalue weighted by Crippen LogP contribution is -2.28. The van der Waals surface area contributed by atoms with Crippen LogP contribution in [0.15, 0.2) is 133 Å². The third kappa shape index (κ3) is 2.79. The second kappa shape index (κ2) is 7.55. The fourth-order valence-corrected chi connectivity index (χ4v) is 5.23. The molecule has 1 heteroatoms. The van der Waals surface area contributed by atoms with Crippen molar-refractivity contribution in [3.05, 3.63) is 156 Å². The van der Waals surface area contributed by atoms with Gasteiger partial charge in [0.25, 0.3) is 0 Å². The zero-order chi connectivity index (χ0) is 21.4. The van der Waals surface area contributed by atoms with Gasteiger partial charge < -0.3 is 5.32 Å². The molecule has 1 aliphatic rings. The third-order valence-corrected chi connectivity index (χ3v) is 6.52. The second-order valence-corrected chi connectivity index (χ2v) is 8.28. The summed E-state index contributed by atoms with van der Waals surface area (Å²) in [4.78, 5) is 0. The summed E-state index contributed by atoms with van der Waals surface area (Å²) in [6.07, 6.45) is 0. The second-order valence-electron chi connectivity index (χ2n) is 8.28. The average molecular weight is 410 g/mol. The van der Waals surface area contributed by atoms with Crippen molar-refractivity contribution in [2.75, 3.05) is 5.32 Å². The van der Waals surface area contributed by atoms with Gasteiger partial charge in [0, 0.05) is 11.4 Å². The van der Waals surface area contributed by atoms with Gasteiger partial charge in [-0.2, -0.15) is 0 Å². The van der Waals surface area contributed by atoms with Gasteiger partial charge >= 0.3 is 0 Å². The largest absolute Gasteiger partial charge is 0.356 e. The number of fused-ring (bicyclic) bond motifs is 3. The van der Waals surface area contributed by atoms with Crippen LogP contribution in [0.25, 0.3) is 11.1 Å². The van der Waals surface area contributed by atoms with E-state index in [-0.39, 0.29) is 5.41 Å². The van der Waals surface area contributed by atoms with Gasteiger partial charge in [0.1, 0.15) is 0 Å². The van der Waals surface area contributed by atoms with Crippen molar-refractivity contribution in [1.82, 2.24) is 0 Å². The Labute approximate surface area is 189 Å². The summed E-state index contributed by atoms with van der Waals surface area (Å²) in [5.41, 5.74) is 9.67. The lowest BCUT2D eigenvalue weighted by atomic mass is 9.67. The molecular formula is C31H23N. The molecule has 1 N–H and O–H groups in total. The molecule has 0 aliphatic heterocycles. The van der Waals surface area contributed by atoms with Crippen LogP contribution in [-0.4, -0.2) is 0 Å². The fraction of sp³-hybridized carbons (Fsp3) is 0.0323. The number of nitrogens with one attached hydrogen (secondary N) is 1. The normalized spacial score (nSPS) is 13.2. The average Bonchev–Trinajstić information content (AvgIpc) is 3.17. The smallest absolute Gasteiger partial charge is 0.0714 e. The van der Waals surface area contributed by atoms with Crippen molar-refractivity contribution in [2.45, 2.75) is 5.41 Å². The van der Waals surface area contributed by atoms with Crippen LogP contribution in [0, 0.1) is 0 Å². The van der Waals surface area contributed by atoms with Gasteiger partial charge in [-0.3, -0.25) is 0 Å². The highest BCUT2D eigenvalue weighted by Gasteiger charge is 2.45. The van der Waals surface area contributed by atoms with Crippen molar-refractivity contribution in [2.24, 2.45) is 0 Å². The first-order valence-corrected chi connectivity index (χ1v) is 11.0.